The van der Waals surface area contributed by atoms with Crippen molar-refractivity contribution >= 4 is 17.9 Å². The second-order valence-electron chi connectivity index (χ2n) is 10.6. The smallest absolute Gasteiger partial charge is 0.179 e. The maximum Gasteiger partial charge on any atom is 0.179 e. The molecular weight excluding hydrogens is 396 g/mol. The molecule has 0 saturated heterocycles. The van der Waals surface area contributed by atoms with Crippen LogP contribution in [0.25, 0.3) is 0 Å². The number of hydrogen-bond acceptors (Lipinski definition) is 3. The monoisotopic (exact) mass is 446 g/mol. The number of carbonyl (C=O) groups excluding carboxylic acids is 3. The number of Topliss-reactive ketones (excluding diaryl/α,β-unsaturated/α-hetero) is 2. The lowest BCUT2D eigenvalue weighted by Crippen LogP contribution is -2.49. The van der Waals surface area contributed by atoms with Crippen molar-refractivity contribution in [2.75, 3.05) is 0 Å². The van der Waals surface area contributed by atoms with Crippen LogP contribution >= 0.6 is 0 Å². The number of rotatable bonds is 20. The highest BCUT2D eigenvalue weighted by atomic mass is 16.2. The maximum atomic E-state index is 13.0. The van der Waals surface area contributed by atoms with Crippen LogP contribution in [0, 0.1) is 23.2 Å². The van der Waals surface area contributed by atoms with Crippen LogP contribution in [0.1, 0.15) is 119 Å². The summed E-state index contributed by atoms with van der Waals surface area (Å²) < 4.78 is 0. The summed E-state index contributed by atoms with van der Waals surface area (Å²) in [6.07, 6.45) is 15.0. The van der Waals surface area contributed by atoms with E-state index in [9.17, 15) is 14.4 Å². The van der Waals surface area contributed by atoms with Crippen LogP contribution in [0.5, 0.6) is 0 Å². The van der Waals surface area contributed by atoms with E-state index in [4.69, 9.17) is 0 Å². The lowest BCUT2D eigenvalue weighted by Gasteiger charge is -2.36. The standard InChI is InChI=1S/C29H50O3/c1-22(2)19-17-15-13-11-9-10-12-14-16-18-20-26(23(3)4)29(21-30,27(31)24(5)6)28(32)25(7)8/h21-23,26H,5,7,9-20H2,1-4,6,8H3. The van der Waals surface area contributed by atoms with Gasteiger partial charge >= 0.3 is 0 Å². The first-order valence-electron chi connectivity index (χ1n) is 12.9. The molecule has 0 heterocycles. The number of aldehydes is 1. The van der Waals surface area contributed by atoms with E-state index in [-0.39, 0.29) is 23.0 Å². The van der Waals surface area contributed by atoms with Crippen LogP contribution in [0.3, 0.4) is 0 Å². The van der Waals surface area contributed by atoms with Crippen LogP contribution in [-0.2, 0) is 14.4 Å². The largest absolute Gasteiger partial charge is 0.302 e. The number of allylic oxidation sites excluding steroid dienone is 2. The van der Waals surface area contributed by atoms with Crippen molar-refractivity contribution in [1.82, 2.24) is 0 Å². The minimum atomic E-state index is -1.68. The molecule has 0 aromatic rings. The van der Waals surface area contributed by atoms with Gasteiger partial charge in [-0.2, -0.15) is 0 Å². The zero-order valence-corrected chi connectivity index (χ0v) is 21.9. The molecule has 0 N–H and O–H groups in total. The molecule has 3 heteroatoms. The van der Waals surface area contributed by atoms with Crippen molar-refractivity contribution < 1.29 is 14.4 Å². The first-order chi connectivity index (χ1) is 15.0. The summed E-state index contributed by atoms with van der Waals surface area (Å²) in [4.78, 5) is 38.3. The van der Waals surface area contributed by atoms with Gasteiger partial charge in [0.2, 0.25) is 0 Å². The molecule has 0 bridgehead atoms. The second kappa shape index (κ2) is 16.2. The van der Waals surface area contributed by atoms with E-state index in [2.05, 4.69) is 27.0 Å². The molecule has 0 spiro atoms. The average molecular weight is 447 g/mol. The summed E-state index contributed by atoms with van der Waals surface area (Å²) in [5, 5.41) is 0. The van der Waals surface area contributed by atoms with E-state index in [1.165, 1.54) is 51.4 Å². The van der Waals surface area contributed by atoms with Gasteiger partial charge in [-0.1, -0.05) is 111 Å². The van der Waals surface area contributed by atoms with Gasteiger partial charge in [-0.05, 0) is 49.2 Å². The molecule has 0 aliphatic heterocycles. The van der Waals surface area contributed by atoms with Gasteiger partial charge in [-0.15, -0.1) is 0 Å². The SMILES string of the molecule is C=C(C)C(=O)C(C=O)(C(=O)C(=C)C)C(CCCCCCCCCCCCC(C)C)C(C)C. The molecule has 0 aromatic heterocycles. The molecule has 1 unspecified atom stereocenters. The molecule has 184 valence electrons. The quantitative estimate of drug-likeness (QED) is 0.0822. The van der Waals surface area contributed by atoms with Gasteiger partial charge in [-0.25, -0.2) is 0 Å². The Morgan fingerprint density at radius 3 is 1.31 bits per heavy atom. The van der Waals surface area contributed by atoms with Crippen LogP contribution in [0.4, 0.5) is 0 Å². The summed E-state index contributed by atoms with van der Waals surface area (Å²) in [6, 6.07) is 0. The molecule has 0 saturated carbocycles. The van der Waals surface area contributed by atoms with E-state index in [1.807, 2.05) is 13.8 Å². The van der Waals surface area contributed by atoms with Crippen LogP contribution < -0.4 is 0 Å². The summed E-state index contributed by atoms with van der Waals surface area (Å²) >= 11 is 0. The number of hydrogen-bond donors (Lipinski definition) is 0. The Morgan fingerprint density at radius 1 is 0.688 bits per heavy atom. The fraction of sp³-hybridized carbons (Fsp3) is 0.759. The molecule has 0 amide bonds. The van der Waals surface area contributed by atoms with Crippen LogP contribution in [0.15, 0.2) is 24.3 Å². The Hall–Kier alpha value is -1.51. The zero-order valence-electron chi connectivity index (χ0n) is 21.9. The molecule has 0 aliphatic carbocycles. The van der Waals surface area contributed by atoms with Crippen molar-refractivity contribution in [2.45, 2.75) is 119 Å². The maximum absolute atomic E-state index is 13.0. The van der Waals surface area contributed by atoms with Crippen LogP contribution in [0.2, 0.25) is 0 Å². The number of unbranched alkanes of at least 4 members (excludes halogenated alkanes) is 9. The van der Waals surface area contributed by atoms with Gasteiger partial charge in [0.05, 0.1) is 0 Å². The Balaban J connectivity index is 4.63. The summed E-state index contributed by atoms with van der Waals surface area (Å²) in [6.45, 7) is 19.2. The average Bonchev–Trinajstić information content (AvgIpc) is 2.72. The van der Waals surface area contributed by atoms with E-state index in [0.29, 0.717) is 12.7 Å². The van der Waals surface area contributed by atoms with Crippen molar-refractivity contribution in [3.63, 3.8) is 0 Å². The Bertz CT molecular complexity index is 586. The third-order valence-corrected chi connectivity index (χ3v) is 6.65. The van der Waals surface area contributed by atoms with Crippen molar-refractivity contribution in [3.8, 4) is 0 Å². The number of carbonyl (C=O) groups is 3. The molecule has 1 atom stereocenters. The van der Waals surface area contributed by atoms with Crippen molar-refractivity contribution in [1.29, 1.82) is 0 Å². The Morgan fingerprint density at radius 2 is 1.03 bits per heavy atom. The summed E-state index contributed by atoms with van der Waals surface area (Å²) in [7, 11) is 0. The minimum absolute atomic E-state index is 0.0301. The molecule has 0 fully saturated rings. The first kappa shape index (κ1) is 30.5. The zero-order chi connectivity index (χ0) is 24.7. The third kappa shape index (κ3) is 9.96. The van der Waals surface area contributed by atoms with Gasteiger partial charge in [0, 0.05) is 0 Å². The highest BCUT2D eigenvalue weighted by molar-refractivity contribution is 6.27. The van der Waals surface area contributed by atoms with Gasteiger partial charge in [0.1, 0.15) is 6.29 Å². The van der Waals surface area contributed by atoms with E-state index >= 15 is 0 Å². The lowest BCUT2D eigenvalue weighted by atomic mass is 9.62. The van der Waals surface area contributed by atoms with E-state index in [0.717, 1.165) is 25.2 Å². The van der Waals surface area contributed by atoms with E-state index in [1.54, 1.807) is 13.8 Å². The minimum Gasteiger partial charge on any atom is -0.302 e. The van der Waals surface area contributed by atoms with Gasteiger partial charge in [0.25, 0.3) is 0 Å². The molecule has 32 heavy (non-hydrogen) atoms. The Kier molecular flexibility index (Phi) is 15.4. The number of ketones is 2. The van der Waals surface area contributed by atoms with Crippen LogP contribution in [-0.4, -0.2) is 17.9 Å². The van der Waals surface area contributed by atoms with Gasteiger partial charge < -0.3 is 4.79 Å². The summed E-state index contributed by atoms with van der Waals surface area (Å²) in [5.74, 6) is -0.387. The molecular formula is C29H50O3. The second-order valence-corrected chi connectivity index (χ2v) is 10.6. The highest BCUT2D eigenvalue weighted by Crippen LogP contribution is 2.40. The van der Waals surface area contributed by atoms with E-state index < -0.39 is 17.0 Å². The fourth-order valence-corrected chi connectivity index (χ4v) is 4.76. The summed E-state index contributed by atoms with van der Waals surface area (Å²) in [5.41, 5.74) is -1.18. The third-order valence-electron chi connectivity index (χ3n) is 6.65. The molecule has 0 radical (unpaired) electrons. The molecule has 0 aromatic carbocycles. The predicted octanol–water partition coefficient (Wildman–Crippen LogP) is 8.07. The molecule has 3 nitrogen and oxygen atoms in total. The van der Waals surface area contributed by atoms with Gasteiger partial charge in [0.15, 0.2) is 17.0 Å². The lowest BCUT2D eigenvalue weighted by molar-refractivity contribution is -0.146. The van der Waals surface area contributed by atoms with Crippen molar-refractivity contribution in [3.05, 3.63) is 24.3 Å². The molecule has 0 rings (SSSR count). The fourth-order valence-electron chi connectivity index (χ4n) is 4.76. The predicted molar refractivity (Wildman–Crippen MR) is 137 cm³/mol. The Labute approximate surface area is 198 Å². The molecule has 0 aliphatic rings. The topological polar surface area (TPSA) is 51.2 Å². The first-order valence-corrected chi connectivity index (χ1v) is 12.9. The van der Waals surface area contributed by atoms with Gasteiger partial charge in [-0.3, -0.25) is 9.59 Å². The van der Waals surface area contributed by atoms with Crippen molar-refractivity contribution in [2.24, 2.45) is 23.2 Å². The highest BCUT2D eigenvalue weighted by Gasteiger charge is 2.52. The normalized spacial score (nSPS) is 12.8.